The first-order chi connectivity index (χ1) is 9.70. The highest BCUT2D eigenvalue weighted by Crippen LogP contribution is 2.44. The number of nitro benzene ring substituents is 1. The fourth-order valence-corrected chi connectivity index (χ4v) is 3.46. The van der Waals surface area contributed by atoms with Gasteiger partial charge in [-0.25, -0.2) is 0 Å². The van der Waals surface area contributed by atoms with Crippen LogP contribution in [0.15, 0.2) is 24.3 Å². The molecule has 1 aliphatic heterocycles. The van der Waals surface area contributed by atoms with Crippen LogP contribution in [0.5, 0.6) is 0 Å². The lowest BCUT2D eigenvalue weighted by atomic mass is 9.93. The molecule has 20 heavy (non-hydrogen) atoms. The molecule has 5 heteroatoms. The normalized spacial score (nSPS) is 26.9. The number of hydrogen-bond donors (Lipinski definition) is 1. The fraction of sp³-hybridized carbons (Fsp3) is 0.600. The van der Waals surface area contributed by atoms with Gasteiger partial charge in [0.15, 0.2) is 0 Å². The number of nitrogens with zero attached hydrogens (tertiary/aromatic N) is 2. The molecule has 0 spiro atoms. The summed E-state index contributed by atoms with van der Waals surface area (Å²) in [5, 5.41) is 14.2. The van der Waals surface area contributed by atoms with Gasteiger partial charge >= 0.3 is 0 Å². The molecule has 0 bridgehead atoms. The van der Waals surface area contributed by atoms with E-state index >= 15 is 0 Å². The third-order valence-electron chi connectivity index (χ3n) is 4.47. The molecule has 0 radical (unpaired) electrons. The van der Waals surface area contributed by atoms with Gasteiger partial charge in [0.25, 0.3) is 5.69 Å². The molecule has 0 amide bonds. The summed E-state index contributed by atoms with van der Waals surface area (Å²) in [6.07, 6.45) is 3.72. The Morgan fingerprint density at radius 2 is 2.20 bits per heavy atom. The van der Waals surface area contributed by atoms with Crippen molar-refractivity contribution in [2.24, 2.45) is 5.92 Å². The first kappa shape index (κ1) is 13.5. The Hall–Kier alpha value is -1.46. The average Bonchev–Trinajstić information content (AvgIpc) is 3.21. The zero-order valence-electron chi connectivity index (χ0n) is 11.8. The Kier molecular flexibility index (Phi) is 3.72. The van der Waals surface area contributed by atoms with E-state index in [9.17, 15) is 10.1 Å². The zero-order valence-corrected chi connectivity index (χ0v) is 11.8. The molecule has 1 heterocycles. The molecule has 2 aliphatic rings. The van der Waals surface area contributed by atoms with Crippen molar-refractivity contribution in [1.29, 1.82) is 0 Å². The van der Waals surface area contributed by atoms with Crippen LogP contribution in [0.3, 0.4) is 0 Å². The molecule has 5 nitrogen and oxygen atoms in total. The van der Waals surface area contributed by atoms with Crippen molar-refractivity contribution in [3.63, 3.8) is 0 Å². The molecule has 108 valence electrons. The van der Waals surface area contributed by atoms with Crippen molar-refractivity contribution in [2.75, 3.05) is 20.1 Å². The molecule has 2 unspecified atom stereocenters. The topological polar surface area (TPSA) is 58.4 Å². The van der Waals surface area contributed by atoms with Gasteiger partial charge in [-0.1, -0.05) is 12.1 Å². The number of hydrogen-bond acceptors (Lipinski definition) is 4. The highest BCUT2D eigenvalue weighted by molar-refractivity contribution is 5.36. The second-order valence-corrected chi connectivity index (χ2v) is 5.87. The van der Waals surface area contributed by atoms with Crippen molar-refractivity contribution < 1.29 is 4.92 Å². The van der Waals surface area contributed by atoms with E-state index in [0.29, 0.717) is 18.0 Å². The van der Waals surface area contributed by atoms with Crippen molar-refractivity contribution >= 4 is 5.69 Å². The van der Waals surface area contributed by atoms with Crippen LogP contribution >= 0.6 is 0 Å². The molecular formula is C15H21N3O2. The molecule has 1 aliphatic carbocycles. The van der Waals surface area contributed by atoms with Gasteiger partial charge in [-0.2, -0.15) is 0 Å². The van der Waals surface area contributed by atoms with Crippen LogP contribution in [0, 0.1) is 16.0 Å². The predicted molar refractivity (Wildman–Crippen MR) is 77.6 cm³/mol. The van der Waals surface area contributed by atoms with Crippen LogP contribution in [0.25, 0.3) is 0 Å². The molecule has 2 fully saturated rings. The molecule has 1 saturated heterocycles. The SMILES string of the molecule is CNCC1CCN(C2CC2)C1c1cccc([N+](=O)[O-])c1. The second-order valence-electron chi connectivity index (χ2n) is 5.87. The standard InChI is InChI=1S/C15H21N3O2/c1-16-10-12-7-8-17(13-5-6-13)15(12)11-3-2-4-14(9-11)18(19)20/h2-4,9,12-13,15-16H,5-8,10H2,1H3. The lowest BCUT2D eigenvalue weighted by molar-refractivity contribution is -0.385. The molecule has 2 atom stereocenters. The second kappa shape index (κ2) is 5.50. The van der Waals surface area contributed by atoms with Crippen LogP contribution in [0.4, 0.5) is 5.69 Å². The number of likely N-dealkylation sites (tertiary alicyclic amines) is 1. The van der Waals surface area contributed by atoms with Crippen LogP contribution in [-0.2, 0) is 0 Å². The molecule has 0 aromatic heterocycles. The third kappa shape index (κ3) is 2.55. The Balaban J connectivity index is 1.90. The minimum Gasteiger partial charge on any atom is -0.319 e. The smallest absolute Gasteiger partial charge is 0.269 e. The van der Waals surface area contributed by atoms with Crippen molar-refractivity contribution in [2.45, 2.75) is 31.3 Å². The summed E-state index contributed by atoms with van der Waals surface area (Å²) in [5.74, 6) is 0.544. The Labute approximate surface area is 119 Å². The zero-order chi connectivity index (χ0) is 14.1. The third-order valence-corrected chi connectivity index (χ3v) is 4.47. The molecule has 1 aromatic carbocycles. The monoisotopic (exact) mass is 275 g/mol. The average molecular weight is 275 g/mol. The van der Waals surface area contributed by atoms with Gasteiger partial charge in [0, 0.05) is 24.2 Å². The number of nitrogens with one attached hydrogen (secondary N) is 1. The van der Waals surface area contributed by atoms with Crippen LogP contribution in [0.1, 0.15) is 30.9 Å². The van der Waals surface area contributed by atoms with E-state index < -0.39 is 0 Å². The van der Waals surface area contributed by atoms with Crippen molar-refractivity contribution in [3.8, 4) is 0 Å². The van der Waals surface area contributed by atoms with Gasteiger partial charge in [-0.15, -0.1) is 0 Å². The van der Waals surface area contributed by atoms with Crippen LogP contribution in [-0.4, -0.2) is 36.0 Å². The maximum Gasteiger partial charge on any atom is 0.269 e. The van der Waals surface area contributed by atoms with Gasteiger partial charge in [0.05, 0.1) is 4.92 Å². The minimum absolute atomic E-state index is 0.202. The lowest BCUT2D eigenvalue weighted by Crippen LogP contribution is -2.30. The largest absolute Gasteiger partial charge is 0.319 e. The molecule has 3 rings (SSSR count). The van der Waals surface area contributed by atoms with E-state index in [1.807, 2.05) is 19.2 Å². The van der Waals surface area contributed by atoms with Gasteiger partial charge in [0.1, 0.15) is 0 Å². The maximum atomic E-state index is 11.0. The first-order valence-corrected chi connectivity index (χ1v) is 7.35. The summed E-state index contributed by atoms with van der Waals surface area (Å²) in [6.45, 7) is 2.08. The Morgan fingerprint density at radius 3 is 2.85 bits per heavy atom. The number of rotatable bonds is 5. The van der Waals surface area contributed by atoms with Crippen LogP contribution in [0.2, 0.25) is 0 Å². The molecule has 1 saturated carbocycles. The van der Waals surface area contributed by atoms with E-state index in [2.05, 4.69) is 10.2 Å². The first-order valence-electron chi connectivity index (χ1n) is 7.35. The molecular weight excluding hydrogens is 254 g/mol. The summed E-state index contributed by atoms with van der Waals surface area (Å²) in [4.78, 5) is 13.2. The van der Waals surface area contributed by atoms with Gasteiger partial charge in [-0.05, 0) is 50.9 Å². The van der Waals surface area contributed by atoms with E-state index in [4.69, 9.17) is 0 Å². The Morgan fingerprint density at radius 1 is 1.40 bits per heavy atom. The quantitative estimate of drug-likeness (QED) is 0.662. The fourth-order valence-electron chi connectivity index (χ4n) is 3.46. The summed E-state index contributed by atoms with van der Waals surface area (Å²) >= 11 is 0. The van der Waals surface area contributed by atoms with E-state index in [1.165, 1.54) is 19.3 Å². The number of benzene rings is 1. The number of non-ortho nitro benzene ring substituents is 1. The summed E-state index contributed by atoms with van der Waals surface area (Å²) in [6, 6.07) is 8.21. The van der Waals surface area contributed by atoms with Gasteiger partial charge in [-0.3, -0.25) is 15.0 Å². The minimum atomic E-state index is -0.299. The highest BCUT2D eigenvalue weighted by atomic mass is 16.6. The van der Waals surface area contributed by atoms with E-state index in [1.54, 1.807) is 12.1 Å². The summed E-state index contributed by atoms with van der Waals surface area (Å²) in [7, 11) is 1.98. The van der Waals surface area contributed by atoms with Gasteiger partial charge < -0.3 is 5.32 Å². The summed E-state index contributed by atoms with van der Waals surface area (Å²) in [5.41, 5.74) is 1.30. The van der Waals surface area contributed by atoms with Crippen molar-refractivity contribution in [3.05, 3.63) is 39.9 Å². The molecule has 1 aromatic rings. The Bertz CT molecular complexity index is 502. The van der Waals surface area contributed by atoms with Crippen LogP contribution < -0.4 is 5.32 Å². The highest BCUT2D eigenvalue weighted by Gasteiger charge is 2.42. The lowest BCUT2D eigenvalue weighted by Gasteiger charge is -2.28. The summed E-state index contributed by atoms with van der Waals surface area (Å²) < 4.78 is 0. The predicted octanol–water partition coefficient (Wildman–Crippen LogP) is 2.34. The van der Waals surface area contributed by atoms with E-state index in [-0.39, 0.29) is 10.6 Å². The van der Waals surface area contributed by atoms with Gasteiger partial charge in [0.2, 0.25) is 0 Å². The van der Waals surface area contributed by atoms with E-state index in [0.717, 1.165) is 18.7 Å². The number of nitro groups is 1. The molecule has 1 N–H and O–H groups in total. The van der Waals surface area contributed by atoms with Crippen molar-refractivity contribution in [1.82, 2.24) is 10.2 Å². The maximum absolute atomic E-state index is 11.0.